The van der Waals surface area contributed by atoms with Crippen molar-refractivity contribution in [2.75, 3.05) is 19.7 Å². The van der Waals surface area contributed by atoms with E-state index < -0.39 is 5.91 Å². The Bertz CT molecular complexity index is 830. The molecule has 144 valence electrons. The molecule has 1 atom stereocenters. The smallest absolute Gasteiger partial charge is 0.260 e. The van der Waals surface area contributed by atoms with E-state index in [2.05, 4.69) is 4.98 Å². The summed E-state index contributed by atoms with van der Waals surface area (Å²) >= 11 is 0. The van der Waals surface area contributed by atoms with Gasteiger partial charge in [-0.15, -0.1) is 0 Å². The van der Waals surface area contributed by atoms with Crippen LogP contribution in [0.15, 0.2) is 30.6 Å². The van der Waals surface area contributed by atoms with Crippen molar-refractivity contribution in [1.82, 2.24) is 14.5 Å². The number of primary amides is 1. The van der Waals surface area contributed by atoms with E-state index in [1.807, 2.05) is 36.9 Å². The minimum absolute atomic E-state index is 0.0188. The second-order valence-corrected chi connectivity index (χ2v) is 7.09. The molecule has 0 spiro atoms. The number of piperidine rings is 1. The number of ether oxygens (including phenoxy) is 1. The van der Waals surface area contributed by atoms with Gasteiger partial charge < -0.3 is 19.9 Å². The fourth-order valence-corrected chi connectivity index (χ4v) is 3.44. The van der Waals surface area contributed by atoms with Crippen molar-refractivity contribution >= 4 is 11.8 Å². The first-order valence-corrected chi connectivity index (χ1v) is 9.21. The van der Waals surface area contributed by atoms with Gasteiger partial charge in [0.05, 0.1) is 0 Å². The van der Waals surface area contributed by atoms with Crippen molar-refractivity contribution in [3.63, 3.8) is 0 Å². The Hall–Kier alpha value is -2.83. The lowest BCUT2D eigenvalue weighted by atomic mass is 9.97. The summed E-state index contributed by atoms with van der Waals surface area (Å²) in [6, 6.07) is 5.82. The van der Waals surface area contributed by atoms with Gasteiger partial charge in [0.15, 0.2) is 6.61 Å². The normalized spacial score (nSPS) is 17.0. The number of amides is 2. The SMILES string of the molecule is Cc1ccc(OCC(=O)N2CCCC(c3nccn3CC(N)=O)C2)cc1C. The van der Waals surface area contributed by atoms with Gasteiger partial charge in [-0.2, -0.15) is 0 Å². The summed E-state index contributed by atoms with van der Waals surface area (Å²) < 4.78 is 7.46. The molecule has 1 saturated heterocycles. The molecule has 3 rings (SSSR count). The monoisotopic (exact) mass is 370 g/mol. The van der Waals surface area contributed by atoms with Gasteiger partial charge in [-0.3, -0.25) is 9.59 Å². The van der Waals surface area contributed by atoms with Gasteiger partial charge in [0.1, 0.15) is 18.1 Å². The molecule has 7 heteroatoms. The lowest BCUT2D eigenvalue weighted by Gasteiger charge is -2.32. The van der Waals surface area contributed by atoms with Crippen LogP contribution in [-0.4, -0.2) is 46.0 Å². The number of imidazole rings is 1. The maximum absolute atomic E-state index is 12.6. The van der Waals surface area contributed by atoms with E-state index in [0.29, 0.717) is 18.8 Å². The van der Waals surface area contributed by atoms with E-state index in [1.54, 1.807) is 17.0 Å². The summed E-state index contributed by atoms with van der Waals surface area (Å²) in [5.74, 6) is 1.17. The number of rotatable bonds is 6. The van der Waals surface area contributed by atoms with Crippen molar-refractivity contribution in [1.29, 1.82) is 0 Å². The quantitative estimate of drug-likeness (QED) is 0.839. The molecule has 1 fully saturated rings. The predicted molar refractivity (Wildman–Crippen MR) is 101 cm³/mol. The Kier molecular flexibility index (Phi) is 5.78. The highest BCUT2D eigenvalue weighted by molar-refractivity contribution is 5.78. The Morgan fingerprint density at radius 3 is 2.85 bits per heavy atom. The average Bonchev–Trinajstić information content (AvgIpc) is 3.10. The van der Waals surface area contributed by atoms with Gasteiger partial charge in [-0.05, 0) is 49.9 Å². The number of nitrogens with two attached hydrogens (primary N) is 1. The first kappa shape index (κ1) is 18.9. The van der Waals surface area contributed by atoms with Gasteiger partial charge in [-0.1, -0.05) is 6.07 Å². The summed E-state index contributed by atoms with van der Waals surface area (Å²) in [5.41, 5.74) is 7.64. The minimum Gasteiger partial charge on any atom is -0.484 e. The van der Waals surface area contributed by atoms with Crippen LogP contribution in [-0.2, 0) is 16.1 Å². The van der Waals surface area contributed by atoms with E-state index in [-0.39, 0.29) is 25.0 Å². The van der Waals surface area contributed by atoms with Crippen LogP contribution in [0.2, 0.25) is 0 Å². The molecule has 2 aromatic rings. The summed E-state index contributed by atoms with van der Waals surface area (Å²) in [6.07, 6.45) is 5.24. The summed E-state index contributed by atoms with van der Waals surface area (Å²) in [7, 11) is 0. The number of benzene rings is 1. The third-order valence-corrected chi connectivity index (χ3v) is 5.05. The zero-order chi connectivity index (χ0) is 19.4. The van der Waals surface area contributed by atoms with Crippen LogP contribution in [0.5, 0.6) is 5.75 Å². The molecule has 27 heavy (non-hydrogen) atoms. The molecule has 0 aliphatic carbocycles. The van der Waals surface area contributed by atoms with E-state index in [0.717, 1.165) is 24.2 Å². The van der Waals surface area contributed by atoms with Crippen molar-refractivity contribution in [2.45, 2.75) is 39.2 Å². The Balaban J connectivity index is 1.60. The van der Waals surface area contributed by atoms with Crippen LogP contribution in [0, 0.1) is 13.8 Å². The van der Waals surface area contributed by atoms with Crippen LogP contribution in [0.4, 0.5) is 0 Å². The maximum atomic E-state index is 12.6. The highest BCUT2D eigenvalue weighted by Crippen LogP contribution is 2.26. The molecule has 0 bridgehead atoms. The first-order valence-electron chi connectivity index (χ1n) is 9.21. The number of carbonyl (C=O) groups is 2. The van der Waals surface area contributed by atoms with Gasteiger partial charge in [0.25, 0.3) is 5.91 Å². The number of aryl methyl sites for hydroxylation is 2. The second-order valence-electron chi connectivity index (χ2n) is 7.09. The maximum Gasteiger partial charge on any atom is 0.260 e. The Morgan fingerprint density at radius 2 is 2.11 bits per heavy atom. The minimum atomic E-state index is -0.403. The van der Waals surface area contributed by atoms with E-state index in [9.17, 15) is 9.59 Å². The van der Waals surface area contributed by atoms with Crippen LogP contribution in [0.3, 0.4) is 0 Å². The van der Waals surface area contributed by atoms with Crippen molar-refractivity contribution in [3.8, 4) is 5.75 Å². The molecule has 1 aromatic carbocycles. The van der Waals surface area contributed by atoms with Crippen molar-refractivity contribution in [3.05, 3.63) is 47.5 Å². The zero-order valence-electron chi connectivity index (χ0n) is 15.9. The molecule has 1 aliphatic rings. The summed E-state index contributed by atoms with van der Waals surface area (Å²) in [5, 5.41) is 0. The molecular weight excluding hydrogens is 344 g/mol. The third kappa shape index (κ3) is 4.67. The molecular formula is C20H26N4O3. The molecule has 0 radical (unpaired) electrons. The fraction of sp³-hybridized carbons (Fsp3) is 0.450. The van der Waals surface area contributed by atoms with Crippen LogP contribution in [0.1, 0.15) is 35.7 Å². The second kappa shape index (κ2) is 8.24. The lowest BCUT2D eigenvalue weighted by Crippen LogP contribution is -2.42. The van der Waals surface area contributed by atoms with Gasteiger partial charge in [0.2, 0.25) is 5.91 Å². The zero-order valence-corrected chi connectivity index (χ0v) is 15.9. The van der Waals surface area contributed by atoms with Crippen LogP contribution >= 0.6 is 0 Å². The standard InChI is InChI=1S/C20H26N4O3/c1-14-5-6-17(10-15(14)2)27-13-19(26)23-8-3-4-16(11-23)20-22-7-9-24(20)12-18(21)25/h5-7,9-10,16H,3-4,8,11-13H2,1-2H3,(H2,21,25). The predicted octanol–water partition coefficient (Wildman–Crippen LogP) is 1.77. The Morgan fingerprint density at radius 1 is 1.30 bits per heavy atom. The summed E-state index contributed by atoms with van der Waals surface area (Å²) in [4.78, 5) is 30.0. The number of hydrogen-bond acceptors (Lipinski definition) is 4. The third-order valence-electron chi connectivity index (χ3n) is 5.05. The van der Waals surface area contributed by atoms with E-state index in [4.69, 9.17) is 10.5 Å². The van der Waals surface area contributed by atoms with Gasteiger partial charge in [-0.25, -0.2) is 4.98 Å². The highest BCUT2D eigenvalue weighted by Gasteiger charge is 2.27. The fourth-order valence-electron chi connectivity index (χ4n) is 3.44. The average molecular weight is 370 g/mol. The highest BCUT2D eigenvalue weighted by atomic mass is 16.5. The molecule has 7 nitrogen and oxygen atoms in total. The van der Waals surface area contributed by atoms with Crippen molar-refractivity contribution in [2.24, 2.45) is 5.73 Å². The molecule has 2 heterocycles. The number of nitrogens with zero attached hydrogens (tertiary/aromatic N) is 3. The van der Waals surface area contributed by atoms with Gasteiger partial charge in [0, 0.05) is 31.4 Å². The molecule has 1 aliphatic heterocycles. The Labute approximate surface area is 159 Å². The van der Waals surface area contributed by atoms with Gasteiger partial charge >= 0.3 is 0 Å². The number of aromatic nitrogens is 2. The van der Waals surface area contributed by atoms with E-state index >= 15 is 0 Å². The van der Waals surface area contributed by atoms with Crippen LogP contribution < -0.4 is 10.5 Å². The molecule has 1 unspecified atom stereocenters. The molecule has 2 amide bonds. The number of hydrogen-bond donors (Lipinski definition) is 1. The number of carbonyl (C=O) groups excluding carboxylic acids is 2. The number of likely N-dealkylation sites (tertiary alicyclic amines) is 1. The largest absolute Gasteiger partial charge is 0.484 e. The van der Waals surface area contributed by atoms with Crippen molar-refractivity contribution < 1.29 is 14.3 Å². The lowest BCUT2D eigenvalue weighted by molar-refractivity contribution is -0.134. The van der Waals surface area contributed by atoms with Crippen LogP contribution in [0.25, 0.3) is 0 Å². The van der Waals surface area contributed by atoms with E-state index in [1.165, 1.54) is 5.56 Å². The first-order chi connectivity index (χ1) is 12.9. The molecule has 0 saturated carbocycles. The molecule has 1 aromatic heterocycles. The molecule has 2 N–H and O–H groups in total. The topological polar surface area (TPSA) is 90.4 Å². The summed E-state index contributed by atoms with van der Waals surface area (Å²) in [6.45, 7) is 5.47.